The summed E-state index contributed by atoms with van der Waals surface area (Å²) in [5, 5.41) is 41.8. The zero-order valence-corrected chi connectivity index (χ0v) is 27.4. The first kappa shape index (κ1) is 31.3. The number of aliphatic hydroxyl groups is 4. The van der Waals surface area contributed by atoms with Crippen molar-refractivity contribution in [2.24, 2.45) is 57.2 Å². The zero-order chi connectivity index (χ0) is 31.4. The molecule has 0 saturated heterocycles. The van der Waals surface area contributed by atoms with Gasteiger partial charge in [0.1, 0.15) is 0 Å². The van der Waals surface area contributed by atoms with Crippen LogP contribution in [0.25, 0.3) is 0 Å². The average molecular weight is 609 g/mol. The van der Waals surface area contributed by atoms with Crippen LogP contribution < -0.4 is 0 Å². The van der Waals surface area contributed by atoms with Gasteiger partial charge in [-0.05, 0) is 141 Å². The molecule has 0 amide bonds. The first-order valence-electron chi connectivity index (χ1n) is 17.9. The Labute approximate surface area is 263 Å². The number of hydrogen-bond donors (Lipinski definition) is 4. The predicted octanol–water partition coefficient (Wildman–Crippen LogP) is 5.70. The lowest BCUT2D eigenvalue weighted by Gasteiger charge is -2.58. The van der Waals surface area contributed by atoms with Crippen molar-refractivity contribution in [3.63, 3.8) is 0 Å². The average Bonchev–Trinajstić information content (AvgIpc) is 3.41. The van der Waals surface area contributed by atoms with Crippen LogP contribution in [0.1, 0.15) is 118 Å². The van der Waals surface area contributed by atoms with Crippen LogP contribution in [0.15, 0.2) is 23.3 Å². The summed E-state index contributed by atoms with van der Waals surface area (Å²) < 4.78 is 0. The van der Waals surface area contributed by atoms with E-state index in [-0.39, 0.29) is 40.0 Å². The van der Waals surface area contributed by atoms with E-state index in [0.717, 1.165) is 77.0 Å². The van der Waals surface area contributed by atoms with Crippen molar-refractivity contribution < 1.29 is 30.0 Å². The van der Waals surface area contributed by atoms with Gasteiger partial charge in [0.15, 0.2) is 11.6 Å². The number of rotatable bonds is 0. The van der Waals surface area contributed by atoms with E-state index in [2.05, 4.69) is 27.7 Å². The fourth-order valence-corrected chi connectivity index (χ4v) is 13.1. The van der Waals surface area contributed by atoms with Crippen molar-refractivity contribution in [2.75, 3.05) is 0 Å². The molecule has 4 N–H and O–H groups in total. The van der Waals surface area contributed by atoms with Crippen LogP contribution in [0.4, 0.5) is 0 Å². The minimum atomic E-state index is -0.559. The molecule has 0 heterocycles. The van der Waals surface area contributed by atoms with Crippen LogP contribution in [0.5, 0.6) is 0 Å². The maximum atomic E-state index is 11.8. The third-order valence-electron chi connectivity index (χ3n) is 16.0. The highest BCUT2D eigenvalue weighted by Gasteiger charge is 2.62. The van der Waals surface area contributed by atoms with E-state index in [4.69, 9.17) is 0 Å². The number of carbonyl (C=O) groups is 2. The molecular formula is C38H56O6. The van der Waals surface area contributed by atoms with Gasteiger partial charge < -0.3 is 20.4 Å². The number of allylic oxidation sites excluding steroid dienone is 1. The minimum absolute atomic E-state index is 0.0776. The van der Waals surface area contributed by atoms with Gasteiger partial charge in [-0.25, -0.2) is 0 Å². The standard InChI is InChI=1S/2C19H28O3/c1-18-7-5-12(20)9-11(18)3-4-13-14(18)6-8-19(2)15(13)10-16(21)17(19)22;1-18-8-7-15-13(14(18)5-6-16(18)21)4-3-11-9-12(20)10-17(22)19(11,15)2/h2*9,13-17,21-22H,3-8,10H2,1-2H3/t13-,14+,15+,16-,17+,18+,19+;13-,14-,15-,16-,17?,18-,19-/m10/s1. The fraction of sp³-hybridized carbons (Fsp3) is 0.842. The summed E-state index contributed by atoms with van der Waals surface area (Å²) in [6.07, 6.45) is 15.3. The van der Waals surface area contributed by atoms with Gasteiger partial charge in [-0.2, -0.15) is 0 Å². The molecule has 44 heavy (non-hydrogen) atoms. The maximum Gasteiger partial charge on any atom is 0.158 e. The first-order valence-corrected chi connectivity index (χ1v) is 17.9. The predicted molar refractivity (Wildman–Crippen MR) is 168 cm³/mol. The lowest BCUT2D eigenvalue weighted by molar-refractivity contribution is -0.129. The molecule has 14 atom stereocenters. The quantitative estimate of drug-likeness (QED) is 0.281. The molecule has 6 heteroatoms. The van der Waals surface area contributed by atoms with E-state index in [0.29, 0.717) is 47.7 Å². The summed E-state index contributed by atoms with van der Waals surface area (Å²) in [6.45, 7) is 9.03. The van der Waals surface area contributed by atoms with E-state index < -0.39 is 18.3 Å². The van der Waals surface area contributed by atoms with Crippen molar-refractivity contribution in [3.8, 4) is 0 Å². The highest BCUT2D eigenvalue weighted by molar-refractivity contribution is 5.92. The van der Waals surface area contributed by atoms with E-state index >= 15 is 0 Å². The third kappa shape index (κ3) is 4.32. The number of aliphatic hydroxyl groups excluding tert-OH is 4. The monoisotopic (exact) mass is 608 g/mol. The van der Waals surface area contributed by atoms with Crippen molar-refractivity contribution in [1.29, 1.82) is 0 Å². The van der Waals surface area contributed by atoms with Crippen LogP contribution in [0.2, 0.25) is 0 Å². The molecular weight excluding hydrogens is 552 g/mol. The second-order valence-corrected chi connectivity index (χ2v) is 17.5. The molecule has 0 radical (unpaired) electrons. The van der Waals surface area contributed by atoms with Gasteiger partial charge in [0.2, 0.25) is 0 Å². The molecule has 8 aliphatic carbocycles. The van der Waals surface area contributed by atoms with Crippen LogP contribution >= 0.6 is 0 Å². The van der Waals surface area contributed by atoms with E-state index in [1.165, 1.54) is 11.1 Å². The summed E-state index contributed by atoms with van der Waals surface area (Å²) in [4.78, 5) is 23.6. The zero-order valence-electron chi connectivity index (χ0n) is 27.4. The Hall–Kier alpha value is -1.34. The molecule has 0 aliphatic heterocycles. The number of hydrogen-bond acceptors (Lipinski definition) is 6. The molecule has 0 aromatic rings. The normalized spacial score (nSPS) is 54.3. The highest BCUT2D eigenvalue weighted by Crippen LogP contribution is 2.66. The molecule has 6 nitrogen and oxygen atoms in total. The Kier molecular flexibility index (Phi) is 7.52. The van der Waals surface area contributed by atoms with Crippen LogP contribution in [-0.2, 0) is 9.59 Å². The fourth-order valence-electron chi connectivity index (χ4n) is 13.1. The van der Waals surface area contributed by atoms with Gasteiger partial charge >= 0.3 is 0 Å². The Morgan fingerprint density at radius 2 is 1.25 bits per heavy atom. The number of carbonyl (C=O) groups excluding carboxylic acids is 2. The highest BCUT2D eigenvalue weighted by atomic mass is 16.3. The topological polar surface area (TPSA) is 115 Å². The second-order valence-electron chi connectivity index (χ2n) is 17.5. The summed E-state index contributed by atoms with van der Waals surface area (Å²) in [7, 11) is 0. The van der Waals surface area contributed by atoms with Crippen molar-refractivity contribution >= 4 is 11.6 Å². The van der Waals surface area contributed by atoms with Crippen molar-refractivity contribution in [2.45, 2.75) is 142 Å². The van der Waals surface area contributed by atoms with Gasteiger partial charge in [-0.15, -0.1) is 0 Å². The Morgan fingerprint density at radius 1 is 0.614 bits per heavy atom. The van der Waals surface area contributed by atoms with E-state index in [1.54, 1.807) is 0 Å². The number of ketones is 2. The second kappa shape index (κ2) is 10.6. The molecule has 0 spiro atoms. The minimum Gasteiger partial charge on any atom is -0.393 e. The molecule has 8 aliphatic rings. The number of fused-ring (bicyclic) bond motifs is 10. The summed E-state index contributed by atoms with van der Waals surface area (Å²) >= 11 is 0. The van der Waals surface area contributed by atoms with E-state index in [9.17, 15) is 30.0 Å². The van der Waals surface area contributed by atoms with E-state index in [1.807, 2.05) is 12.2 Å². The summed E-state index contributed by atoms with van der Waals surface area (Å²) in [5.74, 6) is 3.71. The Balaban J connectivity index is 0.000000142. The molecule has 0 bridgehead atoms. The van der Waals surface area contributed by atoms with Crippen LogP contribution in [0, 0.1) is 57.2 Å². The largest absolute Gasteiger partial charge is 0.393 e. The molecule has 6 saturated carbocycles. The molecule has 0 aromatic heterocycles. The summed E-state index contributed by atoms with van der Waals surface area (Å²) in [5.41, 5.74) is 2.51. The van der Waals surface area contributed by atoms with Gasteiger partial charge in [0.25, 0.3) is 0 Å². The maximum absolute atomic E-state index is 11.8. The van der Waals surface area contributed by atoms with Gasteiger partial charge in [-0.1, -0.05) is 38.8 Å². The lowest BCUT2D eigenvalue weighted by Crippen LogP contribution is -2.55. The van der Waals surface area contributed by atoms with Gasteiger partial charge in [0, 0.05) is 18.3 Å². The molecule has 244 valence electrons. The van der Waals surface area contributed by atoms with Crippen molar-refractivity contribution in [3.05, 3.63) is 23.3 Å². The first-order chi connectivity index (χ1) is 20.7. The SMILES string of the molecule is C[C@]12CC[C@H]3[C@@H](CCC4=CC(=O)CC(O)[C@@]43C)[C@@H]1CC[C@@H]2O.C[C@]12CC[C@H]3[C@@H](CCC4=CC(=O)CC[C@@]43C)[C@@H]1C[C@@H](O)[C@@H]2O. The van der Waals surface area contributed by atoms with Crippen LogP contribution in [0.3, 0.4) is 0 Å². The molecule has 8 rings (SSSR count). The van der Waals surface area contributed by atoms with Gasteiger partial charge in [0.05, 0.1) is 24.4 Å². The van der Waals surface area contributed by atoms with Gasteiger partial charge in [-0.3, -0.25) is 9.59 Å². The van der Waals surface area contributed by atoms with Crippen molar-refractivity contribution in [1.82, 2.24) is 0 Å². The summed E-state index contributed by atoms with van der Waals surface area (Å²) in [6, 6.07) is 0. The third-order valence-corrected chi connectivity index (χ3v) is 16.0. The Bertz CT molecular complexity index is 1270. The molecule has 1 unspecified atom stereocenters. The molecule has 0 aromatic carbocycles. The Morgan fingerprint density at radius 3 is 2.00 bits per heavy atom. The molecule has 6 fully saturated rings. The smallest absolute Gasteiger partial charge is 0.158 e. The van der Waals surface area contributed by atoms with Crippen LogP contribution in [-0.4, -0.2) is 56.4 Å². The lowest BCUT2D eigenvalue weighted by atomic mass is 9.47.